The number of carbonyl (C=O) groups is 2. The number of hydrogen-bond donors (Lipinski definition) is 0. The molecule has 0 rings (SSSR count). The number of carbonyl (C=O) groups excluding carboxylic acids is 2. The first kappa shape index (κ1) is 12.4. The van der Waals surface area contributed by atoms with Gasteiger partial charge in [0.05, 0.1) is 0 Å². The van der Waals surface area contributed by atoms with Crippen LogP contribution in [-0.4, -0.2) is 17.3 Å². The van der Waals surface area contributed by atoms with Gasteiger partial charge in [0.1, 0.15) is 0 Å². The molecule has 76 valence electrons. The first-order chi connectivity index (χ1) is 5.72. The van der Waals surface area contributed by atoms with Gasteiger partial charge in [-0.05, 0) is 23.4 Å². The maximum absolute atomic E-state index is 10.8. The van der Waals surface area contributed by atoms with Gasteiger partial charge in [-0.1, -0.05) is 20.8 Å². The quantitative estimate of drug-likeness (QED) is 0.525. The van der Waals surface area contributed by atoms with Crippen molar-refractivity contribution in [3.05, 3.63) is 0 Å². The molecule has 0 spiro atoms. The van der Waals surface area contributed by atoms with Crippen molar-refractivity contribution in [1.29, 1.82) is 0 Å². The third-order valence-corrected chi connectivity index (χ3v) is 1.60. The van der Waals surface area contributed by atoms with Crippen molar-refractivity contribution in [2.24, 2.45) is 5.41 Å². The number of ether oxygens (including phenoxy) is 1. The highest BCUT2D eigenvalue weighted by Gasteiger charge is 2.25. The van der Waals surface area contributed by atoms with Gasteiger partial charge >= 0.3 is 5.97 Å². The summed E-state index contributed by atoms with van der Waals surface area (Å²) in [6.07, 6.45) is -0.381. The fraction of sp³-hybridized carbons (Fsp3) is 0.778. The Morgan fingerprint density at radius 2 is 1.85 bits per heavy atom. The van der Waals surface area contributed by atoms with Crippen molar-refractivity contribution >= 4 is 22.8 Å². The maximum atomic E-state index is 10.8. The molecule has 1 unspecified atom stereocenters. The van der Waals surface area contributed by atoms with Gasteiger partial charge in [0.25, 0.3) is 5.24 Å². The van der Waals surface area contributed by atoms with Gasteiger partial charge in [0, 0.05) is 6.92 Å². The summed E-state index contributed by atoms with van der Waals surface area (Å²) in [4.78, 5) is 21.5. The molecule has 0 bridgehead atoms. The second kappa shape index (κ2) is 4.61. The van der Waals surface area contributed by atoms with Gasteiger partial charge in [0.2, 0.25) is 0 Å². The molecule has 0 saturated heterocycles. The van der Waals surface area contributed by atoms with Crippen LogP contribution in [0.5, 0.6) is 0 Å². The zero-order valence-electron chi connectivity index (χ0n) is 8.39. The van der Waals surface area contributed by atoms with Crippen LogP contribution in [0.3, 0.4) is 0 Å². The molecule has 0 heterocycles. The van der Waals surface area contributed by atoms with Gasteiger partial charge in [-0.25, -0.2) is 0 Å². The molecule has 1 atom stereocenters. The van der Waals surface area contributed by atoms with Crippen LogP contribution in [0.4, 0.5) is 0 Å². The number of halogens is 1. The van der Waals surface area contributed by atoms with Crippen molar-refractivity contribution in [3.8, 4) is 0 Å². The molecule has 0 radical (unpaired) electrons. The molecule has 4 heteroatoms. The summed E-state index contributed by atoms with van der Waals surface area (Å²) in [6, 6.07) is 0. The fourth-order valence-electron chi connectivity index (χ4n) is 0.925. The number of esters is 1. The average Bonchev–Trinajstić information content (AvgIpc) is 1.81. The molecule has 0 fully saturated rings. The fourth-order valence-corrected chi connectivity index (χ4v) is 1.05. The summed E-state index contributed by atoms with van der Waals surface area (Å²) >= 11 is 5.28. The minimum atomic E-state index is -0.820. The van der Waals surface area contributed by atoms with Crippen molar-refractivity contribution < 1.29 is 14.3 Å². The lowest BCUT2D eigenvalue weighted by Crippen LogP contribution is -2.27. The summed E-state index contributed by atoms with van der Waals surface area (Å²) in [5.74, 6) is -0.483. The summed E-state index contributed by atoms with van der Waals surface area (Å²) in [6.45, 7) is 7.10. The van der Waals surface area contributed by atoms with E-state index in [2.05, 4.69) is 0 Å². The lowest BCUT2D eigenvalue weighted by atomic mass is 9.89. The molecule has 0 amide bonds. The predicted molar refractivity (Wildman–Crippen MR) is 50.5 cm³/mol. The van der Waals surface area contributed by atoms with E-state index in [9.17, 15) is 9.59 Å². The molecule has 0 N–H and O–H groups in total. The topological polar surface area (TPSA) is 43.4 Å². The number of rotatable bonds is 3. The highest BCUT2D eigenvalue weighted by molar-refractivity contribution is 6.64. The van der Waals surface area contributed by atoms with Gasteiger partial charge < -0.3 is 4.74 Å². The van der Waals surface area contributed by atoms with E-state index < -0.39 is 17.3 Å². The van der Waals surface area contributed by atoms with E-state index in [0.717, 1.165) is 0 Å². The first-order valence-corrected chi connectivity index (χ1v) is 4.47. The van der Waals surface area contributed by atoms with E-state index in [1.165, 1.54) is 6.92 Å². The predicted octanol–water partition coefficient (Wildman–Crippen LogP) is 2.12. The SMILES string of the molecule is CC(=O)OC(CC(C)(C)C)C(=O)Cl. The molecular weight excluding hydrogens is 192 g/mol. The van der Waals surface area contributed by atoms with E-state index in [1.807, 2.05) is 20.8 Å². The minimum absolute atomic E-state index is 0.0926. The van der Waals surface area contributed by atoms with E-state index in [-0.39, 0.29) is 5.41 Å². The average molecular weight is 207 g/mol. The van der Waals surface area contributed by atoms with Gasteiger partial charge in [-0.2, -0.15) is 0 Å². The van der Waals surface area contributed by atoms with E-state index in [1.54, 1.807) is 0 Å². The molecular formula is C9H15ClO3. The zero-order valence-corrected chi connectivity index (χ0v) is 9.14. The van der Waals surface area contributed by atoms with Crippen LogP contribution in [0.25, 0.3) is 0 Å². The summed E-state index contributed by atoms with van der Waals surface area (Å²) < 4.78 is 4.77. The van der Waals surface area contributed by atoms with Crippen LogP contribution in [0.2, 0.25) is 0 Å². The third kappa shape index (κ3) is 6.58. The maximum Gasteiger partial charge on any atom is 0.303 e. The van der Waals surface area contributed by atoms with Gasteiger partial charge in [0.15, 0.2) is 6.10 Å². The number of hydrogen-bond acceptors (Lipinski definition) is 3. The molecule has 0 aliphatic rings. The molecule has 0 aliphatic carbocycles. The first-order valence-electron chi connectivity index (χ1n) is 4.09. The Morgan fingerprint density at radius 1 is 1.38 bits per heavy atom. The van der Waals surface area contributed by atoms with Crippen molar-refractivity contribution in [2.45, 2.75) is 40.2 Å². The summed E-state index contributed by atoms with van der Waals surface area (Å²) in [5, 5.41) is -0.620. The van der Waals surface area contributed by atoms with Crippen molar-refractivity contribution in [1.82, 2.24) is 0 Å². The van der Waals surface area contributed by atoms with Crippen LogP contribution in [0.15, 0.2) is 0 Å². The van der Waals surface area contributed by atoms with E-state index in [0.29, 0.717) is 6.42 Å². The molecule has 3 nitrogen and oxygen atoms in total. The van der Waals surface area contributed by atoms with Crippen LogP contribution in [0.1, 0.15) is 34.1 Å². The Bertz CT molecular complexity index is 205. The van der Waals surface area contributed by atoms with Crippen molar-refractivity contribution in [3.63, 3.8) is 0 Å². The monoisotopic (exact) mass is 206 g/mol. The lowest BCUT2D eigenvalue weighted by molar-refractivity contribution is -0.152. The second-order valence-corrected chi connectivity index (χ2v) is 4.54. The Labute approximate surface area is 83.4 Å². The molecule has 0 aromatic carbocycles. The van der Waals surface area contributed by atoms with Gasteiger partial charge in [-0.15, -0.1) is 0 Å². The largest absolute Gasteiger partial charge is 0.453 e. The summed E-state index contributed by atoms with van der Waals surface area (Å²) in [7, 11) is 0. The van der Waals surface area contributed by atoms with E-state index in [4.69, 9.17) is 16.3 Å². The lowest BCUT2D eigenvalue weighted by Gasteiger charge is -2.22. The Balaban J connectivity index is 4.27. The van der Waals surface area contributed by atoms with Crippen LogP contribution >= 0.6 is 11.6 Å². The van der Waals surface area contributed by atoms with Crippen LogP contribution in [0, 0.1) is 5.41 Å². The Kier molecular flexibility index (Phi) is 4.40. The highest BCUT2D eigenvalue weighted by atomic mass is 35.5. The van der Waals surface area contributed by atoms with E-state index >= 15 is 0 Å². The summed E-state index contributed by atoms with van der Waals surface area (Å²) in [5.41, 5.74) is -0.0926. The standard InChI is InChI=1S/C9H15ClO3/c1-6(11)13-7(8(10)12)5-9(2,3)4/h7H,5H2,1-4H3. The van der Waals surface area contributed by atoms with Crippen LogP contribution < -0.4 is 0 Å². The van der Waals surface area contributed by atoms with Gasteiger partial charge in [-0.3, -0.25) is 9.59 Å². The second-order valence-electron chi connectivity index (χ2n) is 4.17. The minimum Gasteiger partial charge on any atom is -0.453 e. The molecule has 0 aromatic rings. The molecule has 0 aromatic heterocycles. The Hall–Kier alpha value is -0.570. The molecule has 0 aliphatic heterocycles. The molecule has 0 saturated carbocycles. The normalized spacial score (nSPS) is 13.6. The zero-order chi connectivity index (χ0) is 10.6. The Morgan fingerprint density at radius 3 is 2.08 bits per heavy atom. The smallest absolute Gasteiger partial charge is 0.303 e. The van der Waals surface area contributed by atoms with Crippen LogP contribution in [-0.2, 0) is 14.3 Å². The van der Waals surface area contributed by atoms with Crippen molar-refractivity contribution in [2.75, 3.05) is 0 Å². The third-order valence-electron chi connectivity index (χ3n) is 1.36. The highest BCUT2D eigenvalue weighted by Crippen LogP contribution is 2.23. The molecule has 13 heavy (non-hydrogen) atoms.